The van der Waals surface area contributed by atoms with Crippen molar-refractivity contribution in [3.05, 3.63) is 51.7 Å². The Hall–Kier alpha value is -2.14. The number of halogens is 1. The van der Waals surface area contributed by atoms with E-state index in [1.807, 2.05) is 6.92 Å². The second kappa shape index (κ2) is 6.34. The number of nitrogens with zero attached hydrogens (tertiary/aromatic N) is 2. The molecule has 104 valence electrons. The number of hydrogen-bond donors (Lipinski definition) is 0. The Labute approximate surface area is 121 Å². The van der Waals surface area contributed by atoms with Crippen LogP contribution in [-0.4, -0.2) is 16.5 Å². The van der Waals surface area contributed by atoms with E-state index < -0.39 is 4.92 Å². The number of nitro groups is 1. The number of ether oxygens (including phenoxy) is 1. The Balaban J connectivity index is 2.36. The summed E-state index contributed by atoms with van der Waals surface area (Å²) in [5.41, 5.74) is 0.809. The van der Waals surface area contributed by atoms with Crippen molar-refractivity contribution in [2.24, 2.45) is 0 Å². The summed E-state index contributed by atoms with van der Waals surface area (Å²) in [5, 5.41) is 11.2. The van der Waals surface area contributed by atoms with Crippen LogP contribution in [0.2, 0.25) is 5.15 Å². The summed E-state index contributed by atoms with van der Waals surface area (Å²) in [4.78, 5) is 14.6. The van der Waals surface area contributed by atoms with Gasteiger partial charge in [0.05, 0.1) is 11.5 Å². The first-order chi connectivity index (χ1) is 9.61. The summed E-state index contributed by atoms with van der Waals surface area (Å²) in [7, 11) is 0. The first kappa shape index (κ1) is 14.3. The van der Waals surface area contributed by atoms with E-state index in [1.54, 1.807) is 24.3 Å². The van der Waals surface area contributed by atoms with Gasteiger partial charge in [-0.05, 0) is 36.8 Å². The second-order valence-corrected chi connectivity index (χ2v) is 4.52. The van der Waals surface area contributed by atoms with Crippen LogP contribution in [0.5, 0.6) is 5.75 Å². The van der Waals surface area contributed by atoms with Gasteiger partial charge in [0.25, 0.3) is 5.69 Å². The Morgan fingerprint density at radius 1 is 1.25 bits per heavy atom. The minimum Gasteiger partial charge on any atom is -0.494 e. The molecule has 1 aromatic carbocycles. The number of benzene rings is 1. The zero-order valence-electron chi connectivity index (χ0n) is 10.9. The van der Waals surface area contributed by atoms with Gasteiger partial charge in [0.15, 0.2) is 0 Å². The molecule has 0 bridgehead atoms. The van der Waals surface area contributed by atoms with Gasteiger partial charge in [-0.2, -0.15) is 0 Å². The van der Waals surface area contributed by atoms with Crippen molar-refractivity contribution in [2.45, 2.75) is 13.3 Å². The molecule has 0 amide bonds. The molecule has 1 aromatic heterocycles. The highest BCUT2D eigenvalue weighted by Gasteiger charge is 2.17. The molecule has 0 saturated heterocycles. The lowest BCUT2D eigenvalue weighted by atomic mass is 10.1. The van der Waals surface area contributed by atoms with E-state index in [4.69, 9.17) is 16.3 Å². The molecular weight excluding hydrogens is 280 g/mol. The fraction of sp³-hybridized carbons (Fsp3) is 0.214. The predicted molar refractivity (Wildman–Crippen MR) is 77.1 cm³/mol. The van der Waals surface area contributed by atoms with Crippen LogP contribution in [0.4, 0.5) is 5.69 Å². The maximum Gasteiger partial charge on any atom is 0.295 e. The van der Waals surface area contributed by atoms with Gasteiger partial charge in [-0.3, -0.25) is 10.1 Å². The summed E-state index contributed by atoms with van der Waals surface area (Å²) in [6, 6.07) is 9.75. The van der Waals surface area contributed by atoms with E-state index in [1.165, 1.54) is 12.1 Å². The summed E-state index contributed by atoms with van der Waals surface area (Å²) >= 11 is 5.81. The van der Waals surface area contributed by atoms with Gasteiger partial charge >= 0.3 is 0 Å². The molecule has 0 fully saturated rings. The molecule has 0 unspecified atom stereocenters. The number of rotatable bonds is 5. The van der Waals surface area contributed by atoms with Crippen molar-refractivity contribution >= 4 is 17.3 Å². The number of pyridine rings is 1. The fourth-order valence-corrected chi connectivity index (χ4v) is 1.86. The molecule has 0 atom stereocenters. The van der Waals surface area contributed by atoms with E-state index >= 15 is 0 Å². The van der Waals surface area contributed by atoms with E-state index in [0.29, 0.717) is 12.2 Å². The molecule has 1 heterocycles. The average molecular weight is 293 g/mol. The first-order valence-electron chi connectivity index (χ1n) is 6.16. The van der Waals surface area contributed by atoms with E-state index in [0.717, 1.165) is 12.2 Å². The molecule has 0 saturated carbocycles. The Kier molecular flexibility index (Phi) is 4.53. The summed E-state index contributed by atoms with van der Waals surface area (Å²) in [6.45, 7) is 2.66. The van der Waals surface area contributed by atoms with Crippen LogP contribution >= 0.6 is 11.6 Å². The van der Waals surface area contributed by atoms with E-state index in [2.05, 4.69) is 4.98 Å². The van der Waals surface area contributed by atoms with Crippen molar-refractivity contribution in [3.63, 3.8) is 0 Å². The normalized spacial score (nSPS) is 10.3. The van der Waals surface area contributed by atoms with E-state index in [-0.39, 0.29) is 16.5 Å². The summed E-state index contributed by atoms with van der Waals surface area (Å²) in [5.74, 6) is 0.722. The van der Waals surface area contributed by atoms with Crippen molar-refractivity contribution < 1.29 is 9.66 Å². The minimum atomic E-state index is -0.472. The molecule has 6 heteroatoms. The molecular formula is C14H13ClN2O3. The quantitative estimate of drug-likeness (QED) is 0.473. The van der Waals surface area contributed by atoms with Crippen molar-refractivity contribution in [2.75, 3.05) is 6.61 Å². The fourth-order valence-electron chi connectivity index (χ4n) is 1.72. The summed E-state index contributed by atoms with van der Waals surface area (Å²) in [6.07, 6.45) is 0.920. The third kappa shape index (κ3) is 3.24. The van der Waals surface area contributed by atoms with Gasteiger partial charge in [0, 0.05) is 11.6 Å². The van der Waals surface area contributed by atoms with Gasteiger partial charge in [-0.15, -0.1) is 0 Å². The van der Waals surface area contributed by atoms with Crippen molar-refractivity contribution in [1.82, 2.24) is 4.98 Å². The zero-order valence-corrected chi connectivity index (χ0v) is 11.6. The Bertz CT molecular complexity index is 614. The molecule has 2 rings (SSSR count). The lowest BCUT2D eigenvalue weighted by molar-refractivity contribution is -0.384. The lowest BCUT2D eigenvalue weighted by Gasteiger charge is -2.06. The van der Waals surface area contributed by atoms with Crippen LogP contribution < -0.4 is 4.74 Å². The topological polar surface area (TPSA) is 65.3 Å². The van der Waals surface area contributed by atoms with Gasteiger partial charge in [-0.1, -0.05) is 18.5 Å². The molecule has 2 aromatic rings. The van der Waals surface area contributed by atoms with Crippen LogP contribution in [-0.2, 0) is 0 Å². The monoisotopic (exact) mass is 292 g/mol. The standard InChI is InChI=1S/C14H13ClN2O3/c1-2-9-20-11-5-3-10(4-6-11)14-12(17(18)19)7-8-13(15)16-14/h3-8H,2,9H2,1H3. The second-order valence-electron chi connectivity index (χ2n) is 4.13. The molecule has 0 aliphatic heterocycles. The van der Waals surface area contributed by atoms with Gasteiger partial charge in [0.2, 0.25) is 0 Å². The van der Waals surface area contributed by atoms with Gasteiger partial charge < -0.3 is 4.74 Å². The van der Waals surface area contributed by atoms with E-state index in [9.17, 15) is 10.1 Å². The van der Waals surface area contributed by atoms with Crippen molar-refractivity contribution in [1.29, 1.82) is 0 Å². The molecule has 0 radical (unpaired) electrons. The van der Waals surface area contributed by atoms with Crippen LogP contribution in [0.1, 0.15) is 13.3 Å². The number of aromatic nitrogens is 1. The molecule has 0 aliphatic carbocycles. The summed E-state index contributed by atoms with van der Waals surface area (Å²) < 4.78 is 5.47. The SMILES string of the molecule is CCCOc1ccc(-c2nc(Cl)ccc2[N+](=O)[O-])cc1. The highest BCUT2D eigenvalue weighted by Crippen LogP contribution is 2.30. The van der Waals surface area contributed by atoms with Gasteiger partial charge in [-0.25, -0.2) is 4.98 Å². The maximum atomic E-state index is 11.0. The third-order valence-electron chi connectivity index (χ3n) is 2.64. The molecule has 0 spiro atoms. The molecule has 0 aliphatic rings. The Morgan fingerprint density at radius 2 is 1.95 bits per heavy atom. The van der Waals surface area contributed by atoms with Crippen LogP contribution in [0.25, 0.3) is 11.3 Å². The Morgan fingerprint density at radius 3 is 2.55 bits per heavy atom. The molecule has 0 N–H and O–H groups in total. The third-order valence-corrected chi connectivity index (χ3v) is 2.85. The predicted octanol–water partition coefficient (Wildman–Crippen LogP) is 4.10. The highest BCUT2D eigenvalue weighted by atomic mass is 35.5. The highest BCUT2D eigenvalue weighted by molar-refractivity contribution is 6.29. The minimum absolute atomic E-state index is 0.0726. The lowest BCUT2D eigenvalue weighted by Crippen LogP contribution is -1.96. The maximum absolute atomic E-state index is 11.0. The molecule has 5 nitrogen and oxygen atoms in total. The van der Waals surface area contributed by atoms with Crippen LogP contribution in [0.3, 0.4) is 0 Å². The zero-order chi connectivity index (χ0) is 14.5. The molecule has 20 heavy (non-hydrogen) atoms. The van der Waals surface area contributed by atoms with Crippen LogP contribution in [0.15, 0.2) is 36.4 Å². The van der Waals surface area contributed by atoms with Crippen LogP contribution in [0, 0.1) is 10.1 Å². The van der Waals surface area contributed by atoms with Gasteiger partial charge in [0.1, 0.15) is 16.6 Å². The average Bonchev–Trinajstić information content (AvgIpc) is 2.45. The first-order valence-corrected chi connectivity index (χ1v) is 6.53. The van der Waals surface area contributed by atoms with Crippen molar-refractivity contribution in [3.8, 4) is 17.0 Å². The largest absolute Gasteiger partial charge is 0.494 e. The number of hydrogen-bond acceptors (Lipinski definition) is 4. The smallest absolute Gasteiger partial charge is 0.295 e.